The summed E-state index contributed by atoms with van der Waals surface area (Å²) in [7, 11) is 0. The van der Waals surface area contributed by atoms with Crippen LogP contribution in [0.25, 0.3) is 0 Å². The van der Waals surface area contributed by atoms with Crippen molar-refractivity contribution in [1.29, 1.82) is 0 Å². The minimum Gasteiger partial charge on any atom is -0.478 e. The second-order valence-electron chi connectivity index (χ2n) is 9.99. The molecule has 0 fully saturated rings. The smallest absolute Gasteiger partial charge is 0.331 e. The van der Waals surface area contributed by atoms with Crippen LogP contribution < -0.4 is 27.0 Å². The lowest BCUT2D eigenvalue weighted by molar-refractivity contribution is -0.133. The second-order valence-corrected chi connectivity index (χ2v) is 9.99. The number of aliphatic hydroxyl groups is 1. The predicted molar refractivity (Wildman–Crippen MR) is 148 cm³/mol. The maximum atomic E-state index is 11.9. The Kier molecular flexibility index (Phi) is 17.4. The number of carbonyl (C=O) groups excluding carboxylic acids is 4. The van der Waals surface area contributed by atoms with Crippen LogP contribution in [0, 0.1) is 0 Å². The summed E-state index contributed by atoms with van der Waals surface area (Å²) in [4.78, 5) is 57.7. The molecule has 0 aromatic carbocycles. The van der Waals surface area contributed by atoms with Crippen molar-refractivity contribution in [3.63, 3.8) is 0 Å². The Morgan fingerprint density at radius 3 is 2.10 bits per heavy atom. The van der Waals surface area contributed by atoms with Gasteiger partial charge in [0.25, 0.3) is 0 Å². The molecule has 1 unspecified atom stereocenters. The van der Waals surface area contributed by atoms with Crippen molar-refractivity contribution in [2.75, 3.05) is 26.2 Å². The Morgan fingerprint density at radius 1 is 0.950 bits per heavy atom. The molecule has 13 heteroatoms. The topological polar surface area (TPSA) is 209 Å². The second kappa shape index (κ2) is 19.9. The van der Waals surface area contributed by atoms with Crippen LogP contribution in [-0.4, -0.2) is 90.3 Å². The SMILES string of the molecule is CCC(CCCCCCCNC(=O)CCC(=O)NCCNC(=O)CO)O[C@@H]1C=C(C(=O)O)C[C@H](N)[C@H]1NC(C)=O. The molecule has 1 aliphatic rings. The van der Waals surface area contributed by atoms with Gasteiger partial charge in [-0.3, -0.25) is 19.2 Å². The van der Waals surface area contributed by atoms with Crippen LogP contribution in [0.5, 0.6) is 0 Å². The zero-order valence-corrected chi connectivity index (χ0v) is 23.7. The predicted octanol–water partition coefficient (Wildman–Crippen LogP) is -0.141. The van der Waals surface area contributed by atoms with Gasteiger partial charge in [0.1, 0.15) is 6.61 Å². The molecule has 0 aromatic rings. The van der Waals surface area contributed by atoms with Crippen molar-refractivity contribution in [3.05, 3.63) is 11.6 Å². The van der Waals surface area contributed by atoms with Gasteiger partial charge in [0, 0.05) is 51.0 Å². The molecule has 8 N–H and O–H groups in total. The molecular formula is C27H47N5O8. The Balaban J connectivity index is 2.22. The Morgan fingerprint density at radius 2 is 1.52 bits per heavy atom. The van der Waals surface area contributed by atoms with Gasteiger partial charge >= 0.3 is 5.97 Å². The number of aliphatic hydroxyl groups excluding tert-OH is 1. The third-order valence-corrected chi connectivity index (χ3v) is 6.60. The molecule has 0 saturated carbocycles. The summed E-state index contributed by atoms with van der Waals surface area (Å²) in [6, 6.07) is -1.02. The van der Waals surface area contributed by atoms with E-state index in [1.54, 1.807) is 6.08 Å². The van der Waals surface area contributed by atoms with Crippen LogP contribution >= 0.6 is 0 Å². The highest BCUT2D eigenvalue weighted by atomic mass is 16.5. The molecule has 0 aromatic heterocycles. The summed E-state index contributed by atoms with van der Waals surface area (Å²) < 4.78 is 6.22. The van der Waals surface area contributed by atoms with Crippen LogP contribution in [0.3, 0.4) is 0 Å². The van der Waals surface area contributed by atoms with Crippen LogP contribution in [0.1, 0.15) is 78.1 Å². The first-order valence-electron chi connectivity index (χ1n) is 14.1. The fourth-order valence-electron chi connectivity index (χ4n) is 4.41. The first-order chi connectivity index (χ1) is 19.1. The number of hydrogen-bond acceptors (Lipinski definition) is 8. The van der Waals surface area contributed by atoms with E-state index in [1.807, 2.05) is 6.92 Å². The lowest BCUT2D eigenvalue weighted by Crippen LogP contribution is -2.57. The molecule has 1 aliphatic carbocycles. The van der Waals surface area contributed by atoms with Gasteiger partial charge in [-0.2, -0.15) is 0 Å². The molecule has 40 heavy (non-hydrogen) atoms. The third-order valence-electron chi connectivity index (χ3n) is 6.60. The molecule has 0 saturated heterocycles. The largest absolute Gasteiger partial charge is 0.478 e. The summed E-state index contributed by atoms with van der Waals surface area (Å²) in [5.74, 6) is -2.25. The highest BCUT2D eigenvalue weighted by molar-refractivity contribution is 5.87. The van der Waals surface area contributed by atoms with Crippen molar-refractivity contribution in [2.45, 2.75) is 102 Å². The number of rotatable bonds is 20. The number of aliphatic carboxylic acids is 1. The number of carbonyl (C=O) groups is 5. The average Bonchev–Trinajstić information content (AvgIpc) is 2.91. The number of nitrogens with one attached hydrogen (secondary N) is 4. The third kappa shape index (κ3) is 14.9. The van der Waals surface area contributed by atoms with Gasteiger partial charge in [-0.1, -0.05) is 32.6 Å². The van der Waals surface area contributed by atoms with Gasteiger partial charge < -0.3 is 42.0 Å². The molecule has 0 aliphatic heterocycles. The monoisotopic (exact) mass is 569 g/mol. The minimum absolute atomic E-state index is 0.0617. The maximum Gasteiger partial charge on any atom is 0.331 e. The van der Waals surface area contributed by atoms with E-state index in [0.29, 0.717) is 6.54 Å². The molecular weight excluding hydrogens is 522 g/mol. The normalized spacial score (nSPS) is 19.2. The van der Waals surface area contributed by atoms with E-state index in [-0.39, 0.29) is 61.8 Å². The molecule has 228 valence electrons. The van der Waals surface area contributed by atoms with E-state index in [0.717, 1.165) is 44.9 Å². The van der Waals surface area contributed by atoms with Gasteiger partial charge in [0.15, 0.2) is 0 Å². The first kappa shape index (κ1) is 35.0. The van der Waals surface area contributed by atoms with E-state index in [9.17, 15) is 29.1 Å². The van der Waals surface area contributed by atoms with Crippen LogP contribution in [-0.2, 0) is 28.7 Å². The molecule has 13 nitrogen and oxygen atoms in total. The highest BCUT2D eigenvalue weighted by Gasteiger charge is 2.35. The number of amides is 4. The van der Waals surface area contributed by atoms with E-state index in [1.165, 1.54) is 6.92 Å². The van der Waals surface area contributed by atoms with Crippen LogP contribution in [0.15, 0.2) is 11.6 Å². The lowest BCUT2D eigenvalue weighted by atomic mass is 9.88. The number of unbranched alkanes of at least 4 members (excludes halogenated alkanes) is 4. The molecule has 0 bridgehead atoms. The Labute approximate surface area is 236 Å². The summed E-state index contributed by atoms with van der Waals surface area (Å²) in [6.07, 6.45) is 7.44. The first-order valence-corrected chi connectivity index (χ1v) is 14.1. The standard InChI is InChI=1S/C27H47N5O8/c1-3-20(40-22-16-19(27(38)39)15-21(28)26(22)32-18(2)34)9-7-5-4-6-8-12-29-23(35)10-11-24(36)30-13-14-31-25(37)17-33/h16,20-22,26,33H,3-15,17,28H2,1-2H3,(H,29,35)(H,30,36)(H,31,37)(H,32,34)(H,38,39)/t20?,21-,22+,26+/m0/s1. The zero-order valence-electron chi connectivity index (χ0n) is 23.7. The van der Waals surface area contributed by atoms with Gasteiger partial charge in [0.2, 0.25) is 23.6 Å². The van der Waals surface area contributed by atoms with Crippen molar-refractivity contribution in [3.8, 4) is 0 Å². The van der Waals surface area contributed by atoms with Crippen molar-refractivity contribution in [1.82, 2.24) is 21.3 Å². The highest BCUT2D eigenvalue weighted by Crippen LogP contribution is 2.24. The fourth-order valence-corrected chi connectivity index (χ4v) is 4.41. The van der Waals surface area contributed by atoms with E-state index in [2.05, 4.69) is 21.3 Å². The number of hydrogen-bond donors (Lipinski definition) is 7. The van der Waals surface area contributed by atoms with Crippen LogP contribution in [0.2, 0.25) is 0 Å². The maximum absolute atomic E-state index is 11.9. The van der Waals surface area contributed by atoms with Gasteiger partial charge in [0.05, 0.1) is 18.2 Å². The molecule has 0 heterocycles. The van der Waals surface area contributed by atoms with Gasteiger partial charge in [-0.15, -0.1) is 0 Å². The van der Waals surface area contributed by atoms with E-state index >= 15 is 0 Å². The zero-order chi connectivity index (χ0) is 29.9. The van der Waals surface area contributed by atoms with E-state index < -0.39 is 36.7 Å². The van der Waals surface area contributed by atoms with Gasteiger partial charge in [-0.05, 0) is 31.8 Å². The summed E-state index contributed by atoms with van der Waals surface area (Å²) >= 11 is 0. The quantitative estimate of drug-likeness (QED) is 0.0972. The fraction of sp³-hybridized carbons (Fsp3) is 0.741. The summed E-state index contributed by atoms with van der Waals surface area (Å²) in [6.45, 7) is 3.79. The van der Waals surface area contributed by atoms with Crippen molar-refractivity contribution >= 4 is 29.6 Å². The number of ether oxygens (including phenoxy) is 1. The Bertz CT molecular complexity index is 866. The summed E-state index contributed by atoms with van der Waals surface area (Å²) in [5, 5.41) is 28.6. The minimum atomic E-state index is -1.03. The molecule has 4 atom stereocenters. The number of nitrogens with two attached hydrogens (primary N) is 1. The summed E-state index contributed by atoms with van der Waals surface area (Å²) in [5.41, 5.74) is 6.37. The molecule has 0 spiro atoms. The van der Waals surface area contributed by atoms with Crippen molar-refractivity contribution in [2.24, 2.45) is 5.73 Å². The lowest BCUT2D eigenvalue weighted by Gasteiger charge is -2.36. The molecule has 0 radical (unpaired) electrons. The average molecular weight is 570 g/mol. The molecule has 1 rings (SSSR count). The van der Waals surface area contributed by atoms with Gasteiger partial charge in [-0.25, -0.2) is 4.79 Å². The molecule has 4 amide bonds. The number of carboxylic acids is 1. The Hall–Kier alpha value is -3.03. The number of carboxylic acid groups (broad SMARTS) is 1. The van der Waals surface area contributed by atoms with E-state index in [4.69, 9.17) is 15.6 Å². The van der Waals surface area contributed by atoms with Crippen molar-refractivity contribution < 1.29 is 38.9 Å². The van der Waals surface area contributed by atoms with Crippen LogP contribution in [0.4, 0.5) is 0 Å².